The molecule has 2 fully saturated rings. The number of benzene rings is 1. The summed E-state index contributed by atoms with van der Waals surface area (Å²) in [5.74, 6) is 2.54. The Hall–Kier alpha value is -2.47. The van der Waals surface area contributed by atoms with Crippen molar-refractivity contribution < 1.29 is 0 Å². The van der Waals surface area contributed by atoms with Gasteiger partial charge in [0.15, 0.2) is 0 Å². The second-order valence-electron chi connectivity index (χ2n) is 7.77. The van der Waals surface area contributed by atoms with Crippen LogP contribution in [-0.4, -0.2) is 39.1 Å². The smallest absolute Gasteiger partial charge is 0.148 e. The summed E-state index contributed by atoms with van der Waals surface area (Å²) in [7, 11) is 1.95. The van der Waals surface area contributed by atoms with Crippen molar-refractivity contribution in [2.75, 3.05) is 18.4 Å². The number of nitrogens with one attached hydrogen (secondary N) is 2. The lowest BCUT2D eigenvalue weighted by Gasteiger charge is -2.14. The van der Waals surface area contributed by atoms with Crippen molar-refractivity contribution in [1.29, 1.82) is 0 Å². The van der Waals surface area contributed by atoms with Crippen LogP contribution in [0.1, 0.15) is 18.4 Å². The highest BCUT2D eigenvalue weighted by Crippen LogP contribution is 2.35. The first-order valence-electron chi connectivity index (χ1n) is 9.41. The highest BCUT2D eigenvalue weighted by atomic mass is 15.2. The van der Waals surface area contributed by atoms with E-state index in [0.29, 0.717) is 6.04 Å². The molecule has 1 unspecified atom stereocenters. The highest BCUT2D eigenvalue weighted by molar-refractivity contribution is 5.88. The second kappa shape index (κ2) is 6.06. The maximum Gasteiger partial charge on any atom is 0.148 e. The van der Waals surface area contributed by atoms with Gasteiger partial charge < -0.3 is 10.6 Å². The summed E-state index contributed by atoms with van der Waals surface area (Å²) < 4.78 is 1.85. The minimum atomic E-state index is 0.528. The lowest BCUT2D eigenvalue weighted by atomic mass is 10.0. The fraction of sp³-hybridized carbons (Fsp3) is 0.450. The van der Waals surface area contributed by atoms with Crippen LogP contribution in [0.25, 0.3) is 22.2 Å². The molecule has 2 aliphatic rings. The van der Waals surface area contributed by atoms with E-state index in [1.165, 1.54) is 36.9 Å². The van der Waals surface area contributed by atoms with Crippen molar-refractivity contribution in [2.24, 2.45) is 18.9 Å². The third-order valence-corrected chi connectivity index (χ3v) is 6.02. The van der Waals surface area contributed by atoms with Crippen LogP contribution in [0.4, 0.5) is 5.82 Å². The summed E-state index contributed by atoms with van der Waals surface area (Å²) in [6.45, 7) is 4.46. The summed E-state index contributed by atoms with van der Waals surface area (Å²) >= 11 is 0. The first kappa shape index (κ1) is 15.8. The van der Waals surface area contributed by atoms with Gasteiger partial charge in [-0.2, -0.15) is 5.10 Å². The van der Waals surface area contributed by atoms with Gasteiger partial charge in [-0.05, 0) is 68.5 Å². The van der Waals surface area contributed by atoms with E-state index in [4.69, 9.17) is 0 Å². The van der Waals surface area contributed by atoms with Crippen molar-refractivity contribution >= 4 is 16.7 Å². The van der Waals surface area contributed by atoms with E-state index in [9.17, 15) is 0 Å². The third kappa shape index (κ3) is 2.65. The Morgan fingerprint density at radius 3 is 2.62 bits per heavy atom. The zero-order chi connectivity index (χ0) is 17.7. The van der Waals surface area contributed by atoms with Crippen molar-refractivity contribution in [3.05, 3.63) is 36.0 Å². The summed E-state index contributed by atoms with van der Waals surface area (Å²) in [4.78, 5) is 0. The number of aryl methyl sites for hydroxylation is 2. The molecule has 0 spiro atoms. The van der Waals surface area contributed by atoms with Crippen molar-refractivity contribution in [3.63, 3.8) is 0 Å². The number of nitrogens with zero attached hydrogens (tertiary/aromatic N) is 4. The van der Waals surface area contributed by atoms with E-state index in [2.05, 4.69) is 63.3 Å². The lowest BCUT2D eigenvalue weighted by molar-refractivity contribution is 0.494. The maximum atomic E-state index is 4.49. The van der Waals surface area contributed by atoms with E-state index >= 15 is 0 Å². The lowest BCUT2D eigenvalue weighted by Crippen LogP contribution is -2.21. The Morgan fingerprint density at radius 1 is 1.08 bits per heavy atom. The molecule has 2 aromatic heterocycles. The SMILES string of the molecule is Cc1c(-c2ccc(NC3C[C@H]4CNC[C@H]4C3)nn2)ccc2nn(C)cc12. The third-order valence-electron chi connectivity index (χ3n) is 6.02. The van der Waals surface area contributed by atoms with Gasteiger partial charge in [0.05, 0.1) is 11.2 Å². The van der Waals surface area contributed by atoms with Gasteiger partial charge in [-0.1, -0.05) is 6.07 Å². The molecule has 134 valence electrons. The zero-order valence-corrected chi connectivity index (χ0v) is 15.2. The van der Waals surface area contributed by atoms with Gasteiger partial charge >= 0.3 is 0 Å². The van der Waals surface area contributed by atoms with Crippen LogP contribution in [0.15, 0.2) is 30.5 Å². The first-order chi connectivity index (χ1) is 12.7. The monoisotopic (exact) mass is 348 g/mol. The van der Waals surface area contributed by atoms with Crippen LogP contribution < -0.4 is 10.6 Å². The van der Waals surface area contributed by atoms with Crippen LogP contribution in [-0.2, 0) is 7.05 Å². The van der Waals surface area contributed by atoms with Gasteiger partial charge in [0.25, 0.3) is 0 Å². The molecule has 0 amide bonds. The van der Waals surface area contributed by atoms with E-state index in [1.54, 1.807) is 0 Å². The molecule has 3 atom stereocenters. The molecule has 6 nitrogen and oxygen atoms in total. The van der Waals surface area contributed by atoms with E-state index in [1.807, 2.05) is 11.7 Å². The molecule has 0 bridgehead atoms. The first-order valence-corrected chi connectivity index (χ1v) is 9.41. The molecule has 3 aromatic rings. The van der Waals surface area contributed by atoms with Crippen LogP contribution in [0.3, 0.4) is 0 Å². The second-order valence-corrected chi connectivity index (χ2v) is 7.77. The largest absolute Gasteiger partial charge is 0.366 e. The molecule has 5 rings (SSSR count). The normalized spacial score (nSPS) is 24.9. The molecule has 6 heteroatoms. The van der Waals surface area contributed by atoms with Gasteiger partial charge in [-0.15, -0.1) is 10.2 Å². The molecule has 1 aromatic carbocycles. The predicted octanol–water partition coefficient (Wildman–Crippen LogP) is 2.75. The average Bonchev–Trinajstić information content (AvgIpc) is 3.30. The molecule has 26 heavy (non-hydrogen) atoms. The number of aromatic nitrogens is 4. The molecule has 1 aliphatic carbocycles. The molecule has 1 saturated heterocycles. The Bertz CT molecular complexity index is 933. The Morgan fingerprint density at radius 2 is 1.88 bits per heavy atom. The Kier molecular flexibility index (Phi) is 3.67. The highest BCUT2D eigenvalue weighted by Gasteiger charge is 2.37. The molecule has 0 radical (unpaired) electrons. The zero-order valence-electron chi connectivity index (χ0n) is 15.2. The van der Waals surface area contributed by atoms with E-state index in [0.717, 1.165) is 34.4 Å². The molecule has 3 heterocycles. The Labute approximate surface area is 153 Å². The molecular weight excluding hydrogens is 324 g/mol. The average molecular weight is 348 g/mol. The van der Waals surface area contributed by atoms with Crippen molar-refractivity contribution in [1.82, 2.24) is 25.3 Å². The van der Waals surface area contributed by atoms with Crippen molar-refractivity contribution in [2.45, 2.75) is 25.8 Å². The maximum absolute atomic E-state index is 4.49. The quantitative estimate of drug-likeness (QED) is 0.762. The fourth-order valence-corrected chi connectivity index (χ4v) is 4.67. The fourth-order valence-electron chi connectivity index (χ4n) is 4.67. The van der Waals surface area contributed by atoms with E-state index in [-0.39, 0.29) is 0 Å². The number of rotatable bonds is 3. The summed E-state index contributed by atoms with van der Waals surface area (Å²) in [5.41, 5.74) is 4.24. The minimum Gasteiger partial charge on any atom is -0.366 e. The Balaban J connectivity index is 1.36. The summed E-state index contributed by atoms with van der Waals surface area (Å²) in [6, 6.07) is 8.79. The van der Waals surface area contributed by atoms with Gasteiger partial charge in [0.1, 0.15) is 5.82 Å². The van der Waals surface area contributed by atoms with Gasteiger partial charge in [-0.3, -0.25) is 4.68 Å². The van der Waals surface area contributed by atoms with Crippen LogP contribution in [0, 0.1) is 18.8 Å². The van der Waals surface area contributed by atoms with Crippen LogP contribution in [0.2, 0.25) is 0 Å². The van der Waals surface area contributed by atoms with Gasteiger partial charge in [0.2, 0.25) is 0 Å². The number of anilines is 1. The number of hydrogen-bond donors (Lipinski definition) is 2. The van der Waals surface area contributed by atoms with Crippen LogP contribution >= 0.6 is 0 Å². The number of fused-ring (bicyclic) bond motifs is 2. The van der Waals surface area contributed by atoms with Crippen LogP contribution in [0.5, 0.6) is 0 Å². The summed E-state index contributed by atoms with van der Waals surface area (Å²) in [5, 5.41) is 21.6. The van der Waals surface area contributed by atoms with Crippen molar-refractivity contribution in [3.8, 4) is 11.3 Å². The molecule has 1 saturated carbocycles. The number of hydrogen-bond acceptors (Lipinski definition) is 5. The topological polar surface area (TPSA) is 67.7 Å². The molecule has 2 N–H and O–H groups in total. The predicted molar refractivity (Wildman–Crippen MR) is 103 cm³/mol. The molecule has 1 aliphatic heterocycles. The minimum absolute atomic E-state index is 0.528. The molecular formula is C20H24N6. The van der Waals surface area contributed by atoms with E-state index < -0.39 is 0 Å². The van der Waals surface area contributed by atoms with Gasteiger partial charge in [-0.25, -0.2) is 0 Å². The van der Waals surface area contributed by atoms with Gasteiger partial charge in [0, 0.05) is 30.2 Å². The summed E-state index contributed by atoms with van der Waals surface area (Å²) in [6.07, 6.45) is 4.53. The standard InChI is InChI=1S/C20H24N6/c1-12-16(3-4-19-17(12)11-26(2)25-19)18-5-6-20(24-23-18)22-15-7-13-9-21-10-14(13)8-15/h3-6,11,13-15,21H,7-10H2,1-2H3,(H,22,24)/t13-,14+,15?.